The summed E-state index contributed by atoms with van der Waals surface area (Å²) in [7, 11) is 0. The first-order valence-corrected chi connectivity index (χ1v) is 7.51. The van der Waals surface area contributed by atoms with E-state index in [2.05, 4.69) is 43.8 Å². The minimum Gasteiger partial charge on any atom is -0.103 e. The molecular formula is C18H26. The van der Waals surface area contributed by atoms with Crippen molar-refractivity contribution in [3.8, 4) is 0 Å². The summed E-state index contributed by atoms with van der Waals surface area (Å²) in [5, 5.41) is 0. The zero-order valence-corrected chi connectivity index (χ0v) is 11.7. The Bertz CT molecular complexity index is 354. The van der Waals surface area contributed by atoms with E-state index in [1.165, 1.54) is 50.5 Å². The molecule has 2 rings (SSSR count). The molecule has 1 fully saturated rings. The Morgan fingerprint density at radius 1 is 1.17 bits per heavy atom. The molecule has 0 heterocycles. The molecule has 1 unspecified atom stereocenters. The van der Waals surface area contributed by atoms with Gasteiger partial charge in [-0.15, -0.1) is 6.58 Å². The zero-order chi connectivity index (χ0) is 12.8. The average Bonchev–Trinajstić information content (AvgIpc) is 2.46. The van der Waals surface area contributed by atoms with Crippen LogP contribution in [0.1, 0.15) is 62.5 Å². The topological polar surface area (TPSA) is 0 Å². The smallest absolute Gasteiger partial charge is 0.0162 e. The molecule has 0 heteroatoms. The predicted octanol–water partition coefficient (Wildman–Crippen LogP) is 5.49. The van der Waals surface area contributed by atoms with Crippen molar-refractivity contribution in [3.05, 3.63) is 48.0 Å². The molecule has 0 N–H and O–H groups in total. The van der Waals surface area contributed by atoms with Crippen LogP contribution in [0.15, 0.2) is 36.9 Å². The van der Waals surface area contributed by atoms with Crippen molar-refractivity contribution in [1.29, 1.82) is 0 Å². The highest BCUT2D eigenvalue weighted by Crippen LogP contribution is 2.32. The summed E-state index contributed by atoms with van der Waals surface area (Å²) >= 11 is 0. The van der Waals surface area contributed by atoms with Gasteiger partial charge in [0, 0.05) is 0 Å². The molecule has 0 saturated heterocycles. The van der Waals surface area contributed by atoms with Gasteiger partial charge in [0.05, 0.1) is 0 Å². The second-order valence-electron chi connectivity index (χ2n) is 5.83. The molecule has 0 spiro atoms. The number of aryl methyl sites for hydroxylation is 1. The Hall–Kier alpha value is -1.04. The number of rotatable bonds is 5. The van der Waals surface area contributed by atoms with E-state index in [0.717, 1.165) is 5.92 Å². The Kier molecular flexibility index (Phi) is 5.04. The van der Waals surface area contributed by atoms with Crippen LogP contribution in [0.4, 0.5) is 0 Å². The largest absolute Gasteiger partial charge is 0.103 e. The second kappa shape index (κ2) is 6.78. The Labute approximate surface area is 112 Å². The number of allylic oxidation sites excluding steroid dienone is 1. The number of hydrogen-bond acceptors (Lipinski definition) is 0. The van der Waals surface area contributed by atoms with E-state index in [0.29, 0.717) is 5.92 Å². The standard InChI is InChI=1S/C18H26/c1-3-15(2)9-10-16-11-13-18(14-12-16)17-7-5-4-6-8-17/h3,11-15,17H,1,4-10H2,2H3. The van der Waals surface area contributed by atoms with Gasteiger partial charge >= 0.3 is 0 Å². The van der Waals surface area contributed by atoms with E-state index in [-0.39, 0.29) is 0 Å². The molecule has 98 valence electrons. The molecule has 0 radical (unpaired) electrons. The van der Waals surface area contributed by atoms with Gasteiger partial charge < -0.3 is 0 Å². The van der Waals surface area contributed by atoms with Gasteiger partial charge in [-0.1, -0.05) is 56.5 Å². The minimum absolute atomic E-state index is 0.628. The molecular weight excluding hydrogens is 216 g/mol. The van der Waals surface area contributed by atoms with Crippen molar-refractivity contribution >= 4 is 0 Å². The van der Waals surface area contributed by atoms with Crippen molar-refractivity contribution in [1.82, 2.24) is 0 Å². The molecule has 1 aliphatic rings. The Balaban J connectivity index is 1.90. The zero-order valence-electron chi connectivity index (χ0n) is 11.7. The Morgan fingerprint density at radius 2 is 1.83 bits per heavy atom. The van der Waals surface area contributed by atoms with Gasteiger partial charge in [0.2, 0.25) is 0 Å². The van der Waals surface area contributed by atoms with E-state index in [9.17, 15) is 0 Å². The molecule has 0 nitrogen and oxygen atoms in total. The fraction of sp³-hybridized carbons (Fsp3) is 0.556. The van der Waals surface area contributed by atoms with E-state index < -0.39 is 0 Å². The van der Waals surface area contributed by atoms with Crippen LogP contribution >= 0.6 is 0 Å². The first-order valence-electron chi connectivity index (χ1n) is 7.51. The van der Waals surface area contributed by atoms with Crippen molar-refractivity contribution in [2.45, 2.75) is 57.8 Å². The molecule has 1 aromatic carbocycles. The summed E-state index contributed by atoms with van der Waals surface area (Å²) in [6.45, 7) is 6.09. The van der Waals surface area contributed by atoms with E-state index in [1.54, 1.807) is 5.56 Å². The Morgan fingerprint density at radius 3 is 2.44 bits per heavy atom. The van der Waals surface area contributed by atoms with E-state index >= 15 is 0 Å². The van der Waals surface area contributed by atoms with Crippen LogP contribution in [0.2, 0.25) is 0 Å². The fourth-order valence-electron chi connectivity index (χ4n) is 2.90. The normalized spacial score (nSPS) is 18.5. The highest BCUT2D eigenvalue weighted by Gasteiger charge is 2.14. The lowest BCUT2D eigenvalue weighted by Crippen LogP contribution is -2.04. The average molecular weight is 242 g/mol. The summed E-state index contributed by atoms with van der Waals surface area (Å²) in [4.78, 5) is 0. The van der Waals surface area contributed by atoms with E-state index in [4.69, 9.17) is 0 Å². The van der Waals surface area contributed by atoms with Crippen molar-refractivity contribution in [2.75, 3.05) is 0 Å². The molecule has 1 atom stereocenters. The first kappa shape index (κ1) is 13.4. The number of benzene rings is 1. The van der Waals surface area contributed by atoms with E-state index in [1.807, 2.05) is 0 Å². The molecule has 0 aliphatic heterocycles. The van der Waals surface area contributed by atoms with Gasteiger partial charge in [0.15, 0.2) is 0 Å². The summed E-state index contributed by atoms with van der Waals surface area (Å²) in [6, 6.07) is 9.40. The van der Waals surface area contributed by atoms with Gasteiger partial charge in [-0.05, 0) is 48.6 Å². The lowest BCUT2D eigenvalue weighted by molar-refractivity contribution is 0.443. The second-order valence-corrected chi connectivity index (χ2v) is 5.83. The van der Waals surface area contributed by atoms with Gasteiger partial charge in [0.1, 0.15) is 0 Å². The van der Waals surface area contributed by atoms with Gasteiger partial charge in [-0.3, -0.25) is 0 Å². The van der Waals surface area contributed by atoms with Crippen LogP contribution < -0.4 is 0 Å². The fourth-order valence-corrected chi connectivity index (χ4v) is 2.90. The maximum atomic E-state index is 3.85. The summed E-state index contributed by atoms with van der Waals surface area (Å²) in [5.41, 5.74) is 3.04. The quantitative estimate of drug-likeness (QED) is 0.599. The summed E-state index contributed by atoms with van der Waals surface area (Å²) in [5.74, 6) is 1.46. The highest BCUT2D eigenvalue weighted by molar-refractivity contribution is 5.25. The molecule has 1 aliphatic carbocycles. The molecule has 1 aromatic rings. The third kappa shape index (κ3) is 3.73. The van der Waals surface area contributed by atoms with Crippen LogP contribution in [0.5, 0.6) is 0 Å². The SMILES string of the molecule is C=CC(C)CCc1ccc(C2CCCCC2)cc1. The highest BCUT2D eigenvalue weighted by atomic mass is 14.2. The molecule has 1 saturated carbocycles. The third-order valence-electron chi connectivity index (χ3n) is 4.35. The first-order chi connectivity index (χ1) is 8.79. The van der Waals surface area contributed by atoms with Crippen molar-refractivity contribution in [3.63, 3.8) is 0 Å². The summed E-state index contributed by atoms with van der Waals surface area (Å²) in [6.07, 6.45) is 11.5. The molecule has 0 aromatic heterocycles. The van der Waals surface area contributed by atoms with Gasteiger partial charge in [-0.25, -0.2) is 0 Å². The molecule has 0 amide bonds. The lowest BCUT2D eigenvalue weighted by Gasteiger charge is -2.22. The van der Waals surface area contributed by atoms with Gasteiger partial charge in [0.25, 0.3) is 0 Å². The third-order valence-corrected chi connectivity index (χ3v) is 4.35. The van der Waals surface area contributed by atoms with Crippen LogP contribution in [0, 0.1) is 5.92 Å². The van der Waals surface area contributed by atoms with Crippen molar-refractivity contribution < 1.29 is 0 Å². The maximum Gasteiger partial charge on any atom is -0.0162 e. The number of hydrogen-bond donors (Lipinski definition) is 0. The predicted molar refractivity (Wildman–Crippen MR) is 80.0 cm³/mol. The lowest BCUT2D eigenvalue weighted by atomic mass is 9.84. The van der Waals surface area contributed by atoms with Crippen LogP contribution in [-0.4, -0.2) is 0 Å². The van der Waals surface area contributed by atoms with Crippen molar-refractivity contribution in [2.24, 2.45) is 5.92 Å². The minimum atomic E-state index is 0.628. The van der Waals surface area contributed by atoms with Crippen LogP contribution in [0.25, 0.3) is 0 Å². The van der Waals surface area contributed by atoms with Gasteiger partial charge in [-0.2, -0.15) is 0 Å². The molecule has 0 bridgehead atoms. The van der Waals surface area contributed by atoms with Crippen LogP contribution in [0.3, 0.4) is 0 Å². The van der Waals surface area contributed by atoms with Crippen LogP contribution in [-0.2, 0) is 6.42 Å². The maximum absolute atomic E-state index is 3.85. The summed E-state index contributed by atoms with van der Waals surface area (Å²) < 4.78 is 0. The monoisotopic (exact) mass is 242 g/mol. The molecule has 18 heavy (non-hydrogen) atoms.